The van der Waals surface area contributed by atoms with E-state index in [0.29, 0.717) is 21.6 Å². The summed E-state index contributed by atoms with van der Waals surface area (Å²) in [5, 5.41) is 3.91. The molecule has 1 atom stereocenters. The lowest BCUT2D eigenvalue weighted by atomic mass is 10.2. The minimum absolute atomic E-state index is 0.0947. The number of hydrogen-bond donors (Lipinski definition) is 2. The molecule has 3 rings (SSSR count). The second-order valence-corrected chi connectivity index (χ2v) is 7.48. The number of halogens is 2. The average Bonchev–Trinajstić information content (AvgIpc) is 2.98. The molecule has 0 fully saturated rings. The number of esters is 1. The SMILES string of the molecule is C[C@H](Nc1nc(-c2c[nH]c3ncc(Cl)cc23)ncc1F)C(=O)OC(C)(C)C. The first kappa shape index (κ1) is 19.0. The highest BCUT2D eigenvalue weighted by atomic mass is 35.5. The van der Waals surface area contributed by atoms with E-state index in [1.165, 1.54) is 6.20 Å². The van der Waals surface area contributed by atoms with Gasteiger partial charge in [-0.2, -0.15) is 0 Å². The van der Waals surface area contributed by atoms with Crippen molar-refractivity contribution in [2.75, 3.05) is 5.32 Å². The van der Waals surface area contributed by atoms with Gasteiger partial charge in [-0.15, -0.1) is 0 Å². The van der Waals surface area contributed by atoms with Crippen LogP contribution in [0, 0.1) is 5.82 Å². The number of anilines is 1. The minimum atomic E-state index is -0.791. The first-order valence-electron chi connectivity index (χ1n) is 8.29. The number of nitrogens with one attached hydrogen (secondary N) is 2. The van der Waals surface area contributed by atoms with Gasteiger partial charge in [0.2, 0.25) is 0 Å². The number of aromatic amines is 1. The van der Waals surface area contributed by atoms with E-state index in [1.807, 2.05) is 0 Å². The molecule has 0 aliphatic rings. The van der Waals surface area contributed by atoms with Crippen LogP contribution in [0.2, 0.25) is 5.02 Å². The molecule has 0 aliphatic carbocycles. The highest BCUT2D eigenvalue weighted by Crippen LogP contribution is 2.28. The van der Waals surface area contributed by atoms with Crippen molar-refractivity contribution in [3.05, 3.63) is 35.5 Å². The monoisotopic (exact) mass is 391 g/mol. The van der Waals surface area contributed by atoms with Gasteiger partial charge < -0.3 is 15.0 Å². The van der Waals surface area contributed by atoms with Crippen molar-refractivity contribution in [2.45, 2.75) is 39.3 Å². The van der Waals surface area contributed by atoms with Gasteiger partial charge in [0.05, 0.1) is 11.2 Å². The lowest BCUT2D eigenvalue weighted by Gasteiger charge is -2.23. The van der Waals surface area contributed by atoms with Gasteiger partial charge in [0, 0.05) is 23.3 Å². The fourth-order valence-electron chi connectivity index (χ4n) is 2.42. The van der Waals surface area contributed by atoms with E-state index in [0.717, 1.165) is 6.20 Å². The molecule has 0 radical (unpaired) electrons. The summed E-state index contributed by atoms with van der Waals surface area (Å²) in [4.78, 5) is 27.6. The molecule has 2 N–H and O–H groups in total. The fourth-order valence-corrected chi connectivity index (χ4v) is 2.57. The first-order valence-corrected chi connectivity index (χ1v) is 8.67. The Labute approximate surface area is 160 Å². The van der Waals surface area contributed by atoms with Crippen LogP contribution >= 0.6 is 11.6 Å². The van der Waals surface area contributed by atoms with E-state index in [2.05, 4.69) is 25.3 Å². The van der Waals surface area contributed by atoms with Crippen molar-refractivity contribution in [1.29, 1.82) is 0 Å². The Balaban J connectivity index is 1.90. The fraction of sp³-hybridized carbons (Fsp3) is 0.333. The molecule has 9 heteroatoms. The number of hydrogen-bond acceptors (Lipinski definition) is 6. The predicted molar refractivity (Wildman–Crippen MR) is 101 cm³/mol. The highest BCUT2D eigenvalue weighted by molar-refractivity contribution is 6.31. The van der Waals surface area contributed by atoms with Crippen molar-refractivity contribution in [1.82, 2.24) is 19.9 Å². The lowest BCUT2D eigenvalue weighted by molar-refractivity contribution is -0.155. The number of aromatic nitrogens is 4. The Bertz CT molecular complexity index is 999. The molecule has 0 aliphatic heterocycles. The zero-order valence-electron chi connectivity index (χ0n) is 15.3. The van der Waals surface area contributed by atoms with Crippen LogP contribution in [0.25, 0.3) is 22.4 Å². The van der Waals surface area contributed by atoms with Crippen molar-refractivity contribution in [2.24, 2.45) is 0 Å². The van der Waals surface area contributed by atoms with Gasteiger partial charge in [-0.25, -0.2) is 24.1 Å². The summed E-state index contributed by atoms with van der Waals surface area (Å²) >= 11 is 6.01. The van der Waals surface area contributed by atoms with E-state index < -0.39 is 23.4 Å². The molecule has 142 valence electrons. The molecule has 0 saturated carbocycles. The van der Waals surface area contributed by atoms with Crippen LogP contribution in [0.15, 0.2) is 24.7 Å². The number of ether oxygens (including phenoxy) is 1. The topological polar surface area (TPSA) is 92.8 Å². The third-order valence-electron chi connectivity index (χ3n) is 3.60. The molecule has 0 unspecified atom stereocenters. The molecule has 0 saturated heterocycles. The summed E-state index contributed by atoms with van der Waals surface area (Å²) < 4.78 is 19.5. The second kappa shape index (κ2) is 7.11. The zero-order valence-corrected chi connectivity index (χ0v) is 16.1. The third kappa shape index (κ3) is 4.33. The Hall–Kier alpha value is -2.74. The van der Waals surface area contributed by atoms with Crippen LogP contribution in [-0.4, -0.2) is 37.5 Å². The van der Waals surface area contributed by atoms with E-state index in [4.69, 9.17) is 16.3 Å². The molecule has 27 heavy (non-hydrogen) atoms. The largest absolute Gasteiger partial charge is 0.458 e. The summed E-state index contributed by atoms with van der Waals surface area (Å²) in [5.74, 6) is -1.01. The van der Waals surface area contributed by atoms with Gasteiger partial charge in [0.15, 0.2) is 17.5 Å². The number of rotatable bonds is 4. The molecule has 0 amide bonds. The van der Waals surface area contributed by atoms with Gasteiger partial charge in [-0.05, 0) is 33.8 Å². The third-order valence-corrected chi connectivity index (χ3v) is 3.80. The van der Waals surface area contributed by atoms with Crippen molar-refractivity contribution >= 4 is 34.4 Å². The zero-order chi connectivity index (χ0) is 19.8. The van der Waals surface area contributed by atoms with Crippen LogP contribution < -0.4 is 5.32 Å². The first-order chi connectivity index (χ1) is 12.6. The standard InChI is InChI=1S/C18H19ClFN5O2/c1-9(17(26)27-18(2,3)4)24-16-13(20)8-23-15(25-16)12-7-22-14-11(12)5-10(19)6-21-14/h5-9H,1-4H3,(H,21,22)(H,23,24,25)/t9-/m0/s1. The Kier molecular flexibility index (Phi) is 5.01. The predicted octanol–water partition coefficient (Wildman–Crippen LogP) is 3.95. The smallest absolute Gasteiger partial charge is 0.328 e. The number of carbonyl (C=O) groups is 1. The van der Waals surface area contributed by atoms with Gasteiger partial charge in [0.25, 0.3) is 0 Å². The van der Waals surface area contributed by atoms with Crippen LogP contribution in [0.3, 0.4) is 0 Å². The van der Waals surface area contributed by atoms with Crippen molar-refractivity contribution < 1.29 is 13.9 Å². The molecule has 0 bridgehead atoms. The molecular weight excluding hydrogens is 373 g/mol. The van der Waals surface area contributed by atoms with Gasteiger partial charge in [0.1, 0.15) is 17.3 Å². The summed E-state index contributed by atoms with van der Waals surface area (Å²) in [7, 11) is 0. The van der Waals surface area contributed by atoms with E-state index in [9.17, 15) is 9.18 Å². The minimum Gasteiger partial charge on any atom is -0.458 e. The van der Waals surface area contributed by atoms with E-state index in [-0.39, 0.29) is 11.6 Å². The molecule has 0 aromatic carbocycles. The van der Waals surface area contributed by atoms with Crippen molar-refractivity contribution in [3.63, 3.8) is 0 Å². The van der Waals surface area contributed by atoms with Gasteiger partial charge in [-0.1, -0.05) is 11.6 Å². The summed E-state index contributed by atoms with van der Waals surface area (Å²) in [6, 6.07) is 0.930. The second-order valence-electron chi connectivity index (χ2n) is 7.04. The maximum atomic E-state index is 14.2. The quantitative estimate of drug-likeness (QED) is 0.654. The summed E-state index contributed by atoms with van der Waals surface area (Å²) in [6.07, 6.45) is 4.23. The van der Waals surface area contributed by atoms with Crippen LogP contribution in [-0.2, 0) is 9.53 Å². The lowest BCUT2D eigenvalue weighted by Crippen LogP contribution is -2.35. The number of fused-ring (bicyclic) bond motifs is 1. The average molecular weight is 392 g/mol. The Morgan fingerprint density at radius 2 is 2.07 bits per heavy atom. The molecule has 3 aromatic heterocycles. The molecule has 3 heterocycles. The van der Waals surface area contributed by atoms with Gasteiger partial charge >= 0.3 is 5.97 Å². The number of pyridine rings is 1. The summed E-state index contributed by atoms with van der Waals surface area (Å²) in [5.41, 5.74) is 0.588. The Morgan fingerprint density at radius 3 is 2.78 bits per heavy atom. The van der Waals surface area contributed by atoms with Crippen LogP contribution in [0.1, 0.15) is 27.7 Å². The number of carbonyl (C=O) groups excluding carboxylic acids is 1. The molecule has 3 aromatic rings. The van der Waals surface area contributed by atoms with Crippen molar-refractivity contribution in [3.8, 4) is 11.4 Å². The number of H-pyrrole nitrogens is 1. The van der Waals surface area contributed by atoms with Crippen LogP contribution in [0.5, 0.6) is 0 Å². The van der Waals surface area contributed by atoms with E-state index >= 15 is 0 Å². The van der Waals surface area contributed by atoms with E-state index in [1.54, 1.807) is 40.0 Å². The summed E-state index contributed by atoms with van der Waals surface area (Å²) in [6.45, 7) is 6.86. The normalized spacial score (nSPS) is 12.8. The number of nitrogens with zero attached hydrogens (tertiary/aromatic N) is 3. The van der Waals surface area contributed by atoms with Crippen LogP contribution in [0.4, 0.5) is 10.2 Å². The molecule has 7 nitrogen and oxygen atoms in total. The maximum absolute atomic E-state index is 14.2. The maximum Gasteiger partial charge on any atom is 0.328 e. The van der Waals surface area contributed by atoms with Gasteiger partial charge in [-0.3, -0.25) is 0 Å². The Morgan fingerprint density at radius 1 is 1.33 bits per heavy atom. The molecular formula is C18H19ClFN5O2. The molecule has 0 spiro atoms. The highest BCUT2D eigenvalue weighted by Gasteiger charge is 2.23.